The molecule has 0 aromatic rings. The van der Waals surface area contributed by atoms with Crippen molar-refractivity contribution in [2.45, 2.75) is 187 Å². The second-order valence-electron chi connectivity index (χ2n) is 11.5. The third-order valence-corrected chi connectivity index (χ3v) is 8.07. The highest BCUT2D eigenvalue weighted by atomic mass is 15.4. The standard InChI is InChI=1S/C33H66N2/c1-4-7-10-13-16-18-19-22-25-28-33-34(29-26-23-20-15-12-9-6-3)31-32-35(33)30-27-24-21-17-14-11-8-5-2/h31-33H,4-30H2,1-3H3. The molecule has 0 spiro atoms. The molecule has 0 saturated carbocycles. The zero-order valence-electron chi connectivity index (χ0n) is 24.7. The zero-order valence-corrected chi connectivity index (χ0v) is 24.7. The number of unbranched alkanes of at least 4 members (excludes halogenated alkanes) is 21. The van der Waals surface area contributed by atoms with E-state index in [2.05, 4.69) is 43.0 Å². The lowest BCUT2D eigenvalue weighted by molar-refractivity contribution is 0.135. The Bertz CT molecular complexity index is 446. The monoisotopic (exact) mass is 491 g/mol. The molecule has 0 bridgehead atoms. The Morgan fingerprint density at radius 1 is 0.371 bits per heavy atom. The summed E-state index contributed by atoms with van der Waals surface area (Å²) in [6.45, 7) is 9.46. The third kappa shape index (κ3) is 18.3. The quantitative estimate of drug-likeness (QED) is 0.106. The lowest BCUT2D eigenvalue weighted by atomic mass is 10.0. The Hall–Kier alpha value is -0.660. The predicted octanol–water partition coefficient (Wildman–Crippen LogP) is 11.2. The largest absolute Gasteiger partial charge is 0.356 e. The van der Waals surface area contributed by atoms with Crippen LogP contribution in [0.2, 0.25) is 0 Å². The van der Waals surface area contributed by atoms with Gasteiger partial charge in [0.25, 0.3) is 0 Å². The molecule has 1 aliphatic rings. The maximum absolute atomic E-state index is 2.70. The molecule has 1 aliphatic heterocycles. The summed E-state index contributed by atoms with van der Waals surface area (Å²) in [6, 6.07) is 0. The Morgan fingerprint density at radius 3 is 1.00 bits per heavy atom. The fourth-order valence-corrected chi connectivity index (χ4v) is 5.66. The van der Waals surface area contributed by atoms with Crippen LogP contribution in [0.1, 0.15) is 181 Å². The van der Waals surface area contributed by atoms with Crippen molar-refractivity contribution in [1.29, 1.82) is 0 Å². The molecule has 208 valence electrons. The molecule has 1 unspecified atom stereocenters. The van der Waals surface area contributed by atoms with Crippen LogP contribution in [0.25, 0.3) is 0 Å². The van der Waals surface area contributed by atoms with Gasteiger partial charge in [-0.3, -0.25) is 0 Å². The van der Waals surface area contributed by atoms with Crippen molar-refractivity contribution in [2.24, 2.45) is 0 Å². The minimum atomic E-state index is 0.643. The predicted molar refractivity (Wildman–Crippen MR) is 159 cm³/mol. The van der Waals surface area contributed by atoms with Crippen molar-refractivity contribution < 1.29 is 0 Å². The Labute approximate surface area is 222 Å². The van der Waals surface area contributed by atoms with Gasteiger partial charge in [-0.1, -0.05) is 156 Å². The minimum absolute atomic E-state index is 0.643. The number of hydrogen-bond donors (Lipinski definition) is 0. The van der Waals surface area contributed by atoms with Gasteiger partial charge in [0.15, 0.2) is 0 Å². The lowest BCUT2D eigenvalue weighted by Crippen LogP contribution is -2.39. The van der Waals surface area contributed by atoms with Gasteiger partial charge in [-0.05, 0) is 25.7 Å². The highest BCUT2D eigenvalue weighted by Crippen LogP contribution is 2.24. The molecule has 1 rings (SSSR count). The first-order chi connectivity index (χ1) is 17.3. The van der Waals surface area contributed by atoms with E-state index in [-0.39, 0.29) is 0 Å². The first-order valence-corrected chi connectivity index (χ1v) is 16.5. The third-order valence-electron chi connectivity index (χ3n) is 8.07. The van der Waals surface area contributed by atoms with E-state index in [1.807, 2.05) is 0 Å². The Morgan fingerprint density at radius 2 is 0.657 bits per heavy atom. The van der Waals surface area contributed by atoms with Gasteiger partial charge in [0.2, 0.25) is 0 Å². The Balaban J connectivity index is 2.27. The lowest BCUT2D eigenvalue weighted by Gasteiger charge is -2.33. The molecule has 2 nitrogen and oxygen atoms in total. The molecule has 0 saturated heterocycles. The molecule has 2 heteroatoms. The minimum Gasteiger partial charge on any atom is -0.356 e. The summed E-state index contributed by atoms with van der Waals surface area (Å²) in [4.78, 5) is 5.39. The summed E-state index contributed by atoms with van der Waals surface area (Å²) in [5.74, 6) is 0. The first kappa shape index (κ1) is 32.4. The van der Waals surface area contributed by atoms with E-state index < -0.39 is 0 Å². The molecule has 1 atom stereocenters. The normalized spacial score (nSPS) is 15.6. The smallest absolute Gasteiger partial charge is 0.101 e. The van der Waals surface area contributed by atoms with Gasteiger partial charge in [-0.25, -0.2) is 0 Å². The van der Waals surface area contributed by atoms with Crippen molar-refractivity contribution in [3.8, 4) is 0 Å². The summed E-state index contributed by atoms with van der Waals surface area (Å²) in [6.07, 6.45) is 41.0. The maximum atomic E-state index is 2.70. The molecule has 0 aromatic heterocycles. The second-order valence-corrected chi connectivity index (χ2v) is 11.5. The molecule has 35 heavy (non-hydrogen) atoms. The number of nitrogens with zero attached hydrogens (tertiary/aromatic N) is 2. The highest BCUT2D eigenvalue weighted by Gasteiger charge is 2.24. The number of hydrogen-bond acceptors (Lipinski definition) is 2. The Kier molecular flexibility index (Phi) is 23.1. The molecule has 0 amide bonds. The average Bonchev–Trinajstić information content (AvgIpc) is 3.25. The van der Waals surface area contributed by atoms with Gasteiger partial charge in [-0.2, -0.15) is 0 Å². The van der Waals surface area contributed by atoms with Crippen LogP contribution in [0, 0.1) is 0 Å². The first-order valence-electron chi connectivity index (χ1n) is 16.5. The van der Waals surface area contributed by atoms with E-state index in [1.54, 1.807) is 0 Å². The van der Waals surface area contributed by atoms with Crippen LogP contribution >= 0.6 is 0 Å². The summed E-state index contributed by atoms with van der Waals surface area (Å²) >= 11 is 0. The molecule has 0 aromatic carbocycles. The van der Waals surface area contributed by atoms with E-state index in [9.17, 15) is 0 Å². The topological polar surface area (TPSA) is 6.48 Å². The van der Waals surface area contributed by atoms with Crippen molar-refractivity contribution in [1.82, 2.24) is 9.80 Å². The molecule has 0 N–H and O–H groups in total. The molecule has 0 radical (unpaired) electrons. The van der Waals surface area contributed by atoms with E-state index >= 15 is 0 Å². The summed E-state index contributed by atoms with van der Waals surface area (Å²) in [5, 5.41) is 0. The van der Waals surface area contributed by atoms with Gasteiger partial charge in [-0.15, -0.1) is 0 Å². The van der Waals surface area contributed by atoms with E-state index in [0.29, 0.717) is 6.17 Å². The van der Waals surface area contributed by atoms with Crippen molar-refractivity contribution in [3.63, 3.8) is 0 Å². The molecule has 0 fully saturated rings. The molecule has 0 aliphatic carbocycles. The van der Waals surface area contributed by atoms with Gasteiger partial charge in [0, 0.05) is 25.5 Å². The van der Waals surface area contributed by atoms with E-state index in [1.165, 1.54) is 174 Å². The van der Waals surface area contributed by atoms with Gasteiger partial charge < -0.3 is 9.80 Å². The van der Waals surface area contributed by atoms with Crippen LogP contribution in [-0.4, -0.2) is 29.1 Å². The van der Waals surface area contributed by atoms with Crippen LogP contribution in [0.3, 0.4) is 0 Å². The van der Waals surface area contributed by atoms with E-state index in [4.69, 9.17) is 0 Å². The van der Waals surface area contributed by atoms with Crippen LogP contribution in [0.5, 0.6) is 0 Å². The SMILES string of the molecule is CCCCCCCCCCCC1N(CCCCCCCCC)C=CN1CCCCCCCCCC. The molecular formula is C33H66N2. The highest BCUT2D eigenvalue weighted by molar-refractivity contribution is 4.97. The van der Waals surface area contributed by atoms with Crippen molar-refractivity contribution >= 4 is 0 Å². The van der Waals surface area contributed by atoms with Gasteiger partial charge in [0.05, 0.1) is 0 Å². The fourth-order valence-electron chi connectivity index (χ4n) is 5.66. The van der Waals surface area contributed by atoms with E-state index in [0.717, 1.165) is 0 Å². The number of rotatable bonds is 27. The summed E-state index contributed by atoms with van der Waals surface area (Å²) in [5.41, 5.74) is 0. The molecular weight excluding hydrogens is 424 g/mol. The summed E-state index contributed by atoms with van der Waals surface area (Å²) < 4.78 is 0. The van der Waals surface area contributed by atoms with Crippen molar-refractivity contribution in [2.75, 3.05) is 13.1 Å². The molecule has 1 heterocycles. The van der Waals surface area contributed by atoms with Crippen LogP contribution in [-0.2, 0) is 0 Å². The van der Waals surface area contributed by atoms with Crippen LogP contribution in [0.4, 0.5) is 0 Å². The second kappa shape index (κ2) is 25.0. The average molecular weight is 491 g/mol. The van der Waals surface area contributed by atoms with Gasteiger partial charge in [0.1, 0.15) is 6.17 Å². The van der Waals surface area contributed by atoms with Crippen LogP contribution in [0.15, 0.2) is 12.4 Å². The van der Waals surface area contributed by atoms with Gasteiger partial charge >= 0.3 is 0 Å². The van der Waals surface area contributed by atoms with Crippen LogP contribution < -0.4 is 0 Å². The fraction of sp³-hybridized carbons (Fsp3) is 0.939. The zero-order chi connectivity index (χ0) is 25.2. The van der Waals surface area contributed by atoms with Crippen molar-refractivity contribution in [3.05, 3.63) is 12.4 Å². The summed E-state index contributed by atoms with van der Waals surface area (Å²) in [7, 11) is 0. The maximum Gasteiger partial charge on any atom is 0.101 e.